The monoisotopic (exact) mass is 1120 g/mol. The van der Waals surface area contributed by atoms with E-state index in [-0.39, 0.29) is 115 Å². The summed E-state index contributed by atoms with van der Waals surface area (Å²) >= 11 is 0. The van der Waals surface area contributed by atoms with E-state index in [4.69, 9.17) is 33.2 Å². The maximum absolute atomic E-state index is 14.1. The predicted molar refractivity (Wildman–Crippen MR) is 307 cm³/mol. The van der Waals surface area contributed by atoms with E-state index in [1.807, 2.05) is 24.1 Å². The molecule has 0 radical (unpaired) electrons. The second-order valence-corrected chi connectivity index (χ2v) is 21.8. The van der Waals surface area contributed by atoms with Crippen LogP contribution in [0, 0.1) is 11.8 Å². The fourth-order valence-corrected chi connectivity index (χ4v) is 9.28. The first-order valence-corrected chi connectivity index (χ1v) is 31.2. The van der Waals surface area contributed by atoms with Gasteiger partial charge in [-0.3, -0.25) is 33.7 Å². The molecule has 1 heterocycles. The van der Waals surface area contributed by atoms with Crippen molar-refractivity contribution in [3.8, 4) is 0 Å². The first-order valence-electron chi connectivity index (χ1n) is 31.2. The van der Waals surface area contributed by atoms with Crippen molar-refractivity contribution in [2.45, 2.75) is 258 Å². The molecule has 458 valence electrons. The summed E-state index contributed by atoms with van der Waals surface area (Å²) in [6.45, 7) is 9.06. The van der Waals surface area contributed by atoms with Gasteiger partial charge in [-0.05, 0) is 58.4 Å². The van der Waals surface area contributed by atoms with Crippen molar-refractivity contribution in [2.24, 2.45) is 11.8 Å². The number of ether oxygens (including phenoxy) is 7. The molecule has 0 aromatic rings. The standard InChI is InChI=1S/C62H110N2O15/c1-6-10-14-18-22-26-36-56(66)74-46-52(47-75-57(67)37-27-23-19-15-11-7-2)44-60(70)78-50-54-34-30-31-35-55(64(54)62(72)73-43-33-41-63(5)40-32-42-65)51-79-61(71)45-53(48-76-58(68)38-28-24-20-16-12-8-3)49-77-59(69)39-29-25-21-17-13-9-4/h30-31,52-55,65H,6-29,32-51H2,1-5H3/t54-,55-/m0/s1. The van der Waals surface area contributed by atoms with Gasteiger partial charge in [-0.25, -0.2) is 4.79 Å². The largest absolute Gasteiger partial charge is 0.465 e. The van der Waals surface area contributed by atoms with Gasteiger partial charge in [0.15, 0.2) is 0 Å². The van der Waals surface area contributed by atoms with Gasteiger partial charge < -0.3 is 43.2 Å². The van der Waals surface area contributed by atoms with Crippen LogP contribution in [0.2, 0.25) is 0 Å². The van der Waals surface area contributed by atoms with Crippen LogP contribution in [-0.2, 0) is 61.9 Å². The maximum Gasteiger partial charge on any atom is 0.410 e. The smallest absolute Gasteiger partial charge is 0.410 e. The highest BCUT2D eigenvalue weighted by Gasteiger charge is 2.35. The van der Waals surface area contributed by atoms with Gasteiger partial charge in [0.1, 0.15) is 13.2 Å². The first kappa shape index (κ1) is 72.8. The summed E-state index contributed by atoms with van der Waals surface area (Å²) in [6.07, 6.45) is 29.7. The lowest BCUT2D eigenvalue weighted by Crippen LogP contribution is -2.51. The molecular formula is C62H110N2O15. The van der Waals surface area contributed by atoms with Crippen molar-refractivity contribution in [1.29, 1.82) is 0 Å². The lowest BCUT2D eigenvalue weighted by molar-refractivity contribution is -0.156. The average Bonchev–Trinajstić information content (AvgIpc) is 3.65. The van der Waals surface area contributed by atoms with Crippen LogP contribution in [0.1, 0.15) is 246 Å². The third-order valence-corrected chi connectivity index (χ3v) is 14.2. The number of carbonyl (C=O) groups excluding carboxylic acids is 7. The third kappa shape index (κ3) is 41.4. The summed E-state index contributed by atoms with van der Waals surface area (Å²) in [5.74, 6) is -4.11. The number of rotatable bonds is 51. The van der Waals surface area contributed by atoms with Crippen LogP contribution in [0.3, 0.4) is 0 Å². The molecule has 0 saturated heterocycles. The van der Waals surface area contributed by atoms with Gasteiger partial charge in [0.05, 0.1) is 58.0 Å². The molecule has 0 aromatic carbocycles. The molecule has 1 aliphatic heterocycles. The molecule has 79 heavy (non-hydrogen) atoms. The zero-order valence-corrected chi connectivity index (χ0v) is 50.1. The van der Waals surface area contributed by atoms with Crippen LogP contribution in [0.25, 0.3) is 0 Å². The maximum atomic E-state index is 14.1. The number of aliphatic hydroxyl groups excluding tert-OH is 1. The number of carbonyl (C=O) groups is 7. The van der Waals surface area contributed by atoms with Crippen molar-refractivity contribution in [3.63, 3.8) is 0 Å². The summed E-state index contributed by atoms with van der Waals surface area (Å²) in [6, 6.07) is -1.44. The Balaban J connectivity index is 3.19. The summed E-state index contributed by atoms with van der Waals surface area (Å²) in [5.41, 5.74) is 0. The molecule has 1 rings (SSSR count). The number of nitrogens with zero attached hydrogens (tertiary/aromatic N) is 2. The van der Waals surface area contributed by atoms with Crippen LogP contribution in [0.4, 0.5) is 4.79 Å². The zero-order chi connectivity index (χ0) is 58.0. The SMILES string of the molecule is CCCCCCCCC(=O)OCC(COC(=O)CCCCCCCC)CC(=O)OC[C@@H]1CC=CC[C@@H](COC(=O)CC(COC(=O)CCCCCCCC)COC(=O)CCCCCCCC)N1C(=O)OCCCN(C)CCCO. The molecule has 0 spiro atoms. The van der Waals surface area contributed by atoms with Gasteiger partial charge in [0, 0.05) is 57.2 Å². The number of hydrogen-bond acceptors (Lipinski definition) is 16. The Labute approximate surface area is 477 Å². The van der Waals surface area contributed by atoms with E-state index in [0.717, 1.165) is 128 Å². The number of hydrogen-bond donors (Lipinski definition) is 1. The molecule has 0 bridgehead atoms. The number of amides is 1. The van der Waals surface area contributed by atoms with Crippen LogP contribution >= 0.6 is 0 Å². The zero-order valence-electron chi connectivity index (χ0n) is 50.1. The van der Waals surface area contributed by atoms with Gasteiger partial charge in [-0.1, -0.05) is 168 Å². The van der Waals surface area contributed by atoms with Gasteiger partial charge in [-0.2, -0.15) is 0 Å². The molecule has 0 fully saturated rings. The van der Waals surface area contributed by atoms with E-state index in [1.54, 1.807) is 0 Å². The van der Waals surface area contributed by atoms with Gasteiger partial charge in [0.25, 0.3) is 0 Å². The topological polar surface area (TPSA) is 211 Å². The van der Waals surface area contributed by atoms with Gasteiger partial charge in [-0.15, -0.1) is 0 Å². The van der Waals surface area contributed by atoms with Crippen LogP contribution in [0.5, 0.6) is 0 Å². The highest BCUT2D eigenvalue weighted by molar-refractivity contribution is 5.73. The molecule has 0 aliphatic carbocycles. The highest BCUT2D eigenvalue weighted by atomic mass is 16.6. The Morgan fingerprint density at radius 1 is 0.430 bits per heavy atom. The molecule has 17 nitrogen and oxygen atoms in total. The molecule has 1 aliphatic rings. The Kier molecular flexibility index (Phi) is 46.7. The second-order valence-electron chi connectivity index (χ2n) is 21.8. The Morgan fingerprint density at radius 3 is 1.08 bits per heavy atom. The predicted octanol–water partition coefficient (Wildman–Crippen LogP) is 12.5. The van der Waals surface area contributed by atoms with Crippen LogP contribution in [0.15, 0.2) is 12.2 Å². The molecule has 1 amide bonds. The third-order valence-electron chi connectivity index (χ3n) is 14.2. The minimum atomic E-state index is -0.722. The van der Waals surface area contributed by atoms with Crippen molar-refractivity contribution >= 4 is 41.9 Å². The number of aliphatic hydroxyl groups is 1. The summed E-state index contributed by atoms with van der Waals surface area (Å²) in [7, 11) is 1.92. The minimum absolute atomic E-state index is 0.0700. The summed E-state index contributed by atoms with van der Waals surface area (Å²) < 4.78 is 40.0. The first-order chi connectivity index (χ1) is 38.4. The van der Waals surface area contributed by atoms with E-state index >= 15 is 0 Å². The number of unbranched alkanes of at least 4 members (excludes halogenated alkanes) is 20. The molecule has 0 unspecified atom stereocenters. The fourth-order valence-electron chi connectivity index (χ4n) is 9.28. The quantitative estimate of drug-likeness (QED) is 0.0260. The van der Waals surface area contributed by atoms with Crippen molar-refractivity contribution in [1.82, 2.24) is 9.80 Å². The Bertz CT molecular complexity index is 1470. The van der Waals surface area contributed by atoms with Gasteiger partial charge in [0.2, 0.25) is 0 Å². The van der Waals surface area contributed by atoms with Crippen LogP contribution in [-0.4, -0.2) is 142 Å². The lowest BCUT2D eigenvalue weighted by Gasteiger charge is -2.35. The van der Waals surface area contributed by atoms with E-state index in [1.165, 1.54) is 4.90 Å². The van der Waals surface area contributed by atoms with Crippen molar-refractivity contribution < 1.29 is 71.8 Å². The van der Waals surface area contributed by atoms with Gasteiger partial charge >= 0.3 is 41.9 Å². The molecule has 1 N–H and O–H groups in total. The molecular weight excluding hydrogens is 1010 g/mol. The molecule has 0 saturated carbocycles. The van der Waals surface area contributed by atoms with Crippen molar-refractivity contribution in [3.05, 3.63) is 12.2 Å². The minimum Gasteiger partial charge on any atom is -0.465 e. The summed E-state index contributed by atoms with van der Waals surface area (Å²) in [5, 5.41) is 9.26. The molecule has 17 heteroatoms. The van der Waals surface area contributed by atoms with E-state index in [0.29, 0.717) is 64.5 Å². The Hall–Kier alpha value is -4.25. The van der Waals surface area contributed by atoms with E-state index in [9.17, 15) is 38.7 Å². The summed E-state index contributed by atoms with van der Waals surface area (Å²) in [4.78, 5) is 96.1. The highest BCUT2D eigenvalue weighted by Crippen LogP contribution is 2.23. The molecule has 0 aromatic heterocycles. The second kappa shape index (κ2) is 50.7. The average molecular weight is 1120 g/mol. The fraction of sp³-hybridized carbons (Fsp3) is 0.855. The Morgan fingerprint density at radius 2 is 0.747 bits per heavy atom. The normalized spacial score (nSPS) is 14.3. The van der Waals surface area contributed by atoms with E-state index < -0.39 is 42.0 Å². The molecule has 2 atom stereocenters. The van der Waals surface area contributed by atoms with Crippen molar-refractivity contribution in [2.75, 3.05) is 73.0 Å². The van der Waals surface area contributed by atoms with E-state index in [2.05, 4.69) is 27.7 Å². The lowest BCUT2D eigenvalue weighted by atomic mass is 10.1. The number of esters is 6. The van der Waals surface area contributed by atoms with Crippen LogP contribution < -0.4 is 0 Å².